The maximum atomic E-state index is 9.61. The van der Waals surface area contributed by atoms with Gasteiger partial charge in [0.1, 0.15) is 0 Å². The molecule has 0 aliphatic rings. The molecule has 0 atom stereocenters. The molecule has 0 aliphatic carbocycles. The zero-order chi connectivity index (χ0) is 9.94. The number of carbonyl (C=O) groups excluding carboxylic acids is 3. The molecule has 0 spiro atoms. The van der Waals surface area contributed by atoms with E-state index < -0.39 is 22.7 Å². The summed E-state index contributed by atoms with van der Waals surface area (Å²) < 4.78 is 12.4. The Hall–Kier alpha value is -0.840. The van der Waals surface area contributed by atoms with Crippen LogP contribution in [0.25, 0.3) is 0 Å². The number of hydrogen-bond donors (Lipinski definition) is 0. The van der Waals surface area contributed by atoms with Crippen molar-refractivity contribution >= 4 is 42.2 Å². The van der Waals surface area contributed by atoms with E-state index in [1.807, 2.05) is 0 Å². The summed E-state index contributed by atoms with van der Waals surface area (Å²) in [7, 11) is 0. The average molecular weight is 298 g/mol. The fourth-order valence-electron chi connectivity index (χ4n) is 0.252. The van der Waals surface area contributed by atoms with E-state index in [1.54, 1.807) is 0 Å². The SMILES string of the molecule is O=CO[O][In]([O]OC=O)[O]OC=O. The number of carbonyl (C=O) groups is 3. The van der Waals surface area contributed by atoms with Crippen LogP contribution in [0.4, 0.5) is 0 Å². The second-order valence-electron chi connectivity index (χ2n) is 1.15. The molecule has 9 nitrogen and oxygen atoms in total. The zero-order valence-electron chi connectivity index (χ0n) is 5.98. The van der Waals surface area contributed by atoms with Gasteiger partial charge in [-0.15, -0.1) is 0 Å². The van der Waals surface area contributed by atoms with Gasteiger partial charge in [-0.05, 0) is 0 Å². The third-order valence-corrected chi connectivity index (χ3v) is 2.82. The molecule has 0 saturated carbocycles. The first kappa shape index (κ1) is 12.2. The molecular formula is C3H3InO9. The van der Waals surface area contributed by atoms with Gasteiger partial charge in [0.15, 0.2) is 0 Å². The van der Waals surface area contributed by atoms with E-state index in [2.05, 4.69) is 23.7 Å². The molecule has 0 aromatic heterocycles. The molecule has 0 aromatic rings. The molecule has 0 unspecified atom stereocenters. The van der Waals surface area contributed by atoms with Gasteiger partial charge >= 0.3 is 80.2 Å². The summed E-state index contributed by atoms with van der Waals surface area (Å²) in [5.74, 6) is 0. The fraction of sp³-hybridized carbons (Fsp3) is 0. The normalized spacial score (nSPS) is 8.31. The second kappa shape index (κ2) is 9.25. The summed E-state index contributed by atoms with van der Waals surface area (Å²) >= 11 is -3.83. The van der Waals surface area contributed by atoms with Crippen molar-refractivity contribution < 1.29 is 38.1 Å². The first-order valence-electron chi connectivity index (χ1n) is 2.62. The van der Waals surface area contributed by atoms with E-state index in [4.69, 9.17) is 0 Å². The van der Waals surface area contributed by atoms with Crippen molar-refractivity contribution in [2.24, 2.45) is 0 Å². The molecule has 10 heteroatoms. The van der Waals surface area contributed by atoms with Gasteiger partial charge in [-0.3, -0.25) is 0 Å². The van der Waals surface area contributed by atoms with Crippen LogP contribution in [0.2, 0.25) is 0 Å². The monoisotopic (exact) mass is 298 g/mol. The van der Waals surface area contributed by atoms with Crippen LogP contribution in [-0.4, -0.2) is 42.2 Å². The summed E-state index contributed by atoms with van der Waals surface area (Å²) in [6.45, 7) is -0.171. The number of rotatable bonds is 9. The van der Waals surface area contributed by atoms with Crippen LogP contribution >= 0.6 is 0 Å². The molecule has 0 saturated heterocycles. The van der Waals surface area contributed by atoms with E-state index in [-0.39, 0.29) is 19.4 Å². The quantitative estimate of drug-likeness (QED) is 0.279. The molecule has 13 heavy (non-hydrogen) atoms. The van der Waals surface area contributed by atoms with Gasteiger partial charge in [0.25, 0.3) is 0 Å². The summed E-state index contributed by atoms with van der Waals surface area (Å²) in [6.07, 6.45) is 0. The predicted molar refractivity (Wildman–Crippen MR) is 30.5 cm³/mol. The molecule has 0 aromatic carbocycles. The average Bonchev–Trinajstić information content (AvgIpc) is 2.17. The number of hydrogen-bond acceptors (Lipinski definition) is 9. The van der Waals surface area contributed by atoms with E-state index in [0.717, 1.165) is 0 Å². The van der Waals surface area contributed by atoms with E-state index in [1.165, 1.54) is 0 Å². The summed E-state index contributed by atoms with van der Waals surface area (Å²) in [6, 6.07) is 0. The second-order valence-corrected chi connectivity index (χ2v) is 4.45. The molecule has 0 heterocycles. The van der Waals surface area contributed by atoms with Crippen molar-refractivity contribution in [2.75, 3.05) is 0 Å². The maximum absolute atomic E-state index is 9.61. The van der Waals surface area contributed by atoms with Gasteiger partial charge in [0, 0.05) is 0 Å². The minimum absolute atomic E-state index is 0.0571. The van der Waals surface area contributed by atoms with Crippen molar-refractivity contribution in [3.05, 3.63) is 0 Å². The predicted octanol–water partition coefficient (Wildman–Crippen LogP) is -1.71. The summed E-state index contributed by atoms with van der Waals surface area (Å²) in [5, 5.41) is 0. The Morgan fingerprint density at radius 1 is 0.692 bits per heavy atom. The molecule has 0 N–H and O–H groups in total. The Bertz CT molecular complexity index is 130. The van der Waals surface area contributed by atoms with Gasteiger partial charge in [-0.2, -0.15) is 0 Å². The van der Waals surface area contributed by atoms with Crippen molar-refractivity contribution in [3.8, 4) is 0 Å². The Kier molecular flexibility index (Phi) is 8.65. The molecule has 0 amide bonds. The van der Waals surface area contributed by atoms with E-state index in [0.29, 0.717) is 0 Å². The third-order valence-electron chi connectivity index (χ3n) is 0.520. The van der Waals surface area contributed by atoms with Crippen molar-refractivity contribution in [1.82, 2.24) is 0 Å². The van der Waals surface area contributed by atoms with Gasteiger partial charge < -0.3 is 0 Å². The van der Waals surface area contributed by atoms with Crippen molar-refractivity contribution in [1.29, 1.82) is 0 Å². The zero-order valence-corrected chi connectivity index (χ0v) is 9.28. The molecule has 0 rings (SSSR count). The van der Waals surface area contributed by atoms with Gasteiger partial charge in [-0.1, -0.05) is 0 Å². The Morgan fingerprint density at radius 3 is 1.23 bits per heavy atom. The fourth-order valence-corrected chi connectivity index (χ4v) is 1.69. The molecule has 0 fully saturated rings. The van der Waals surface area contributed by atoms with Gasteiger partial charge in [0.2, 0.25) is 0 Å². The molecule has 0 bridgehead atoms. The van der Waals surface area contributed by atoms with Crippen LogP contribution in [0, 0.1) is 0 Å². The third kappa shape index (κ3) is 7.52. The van der Waals surface area contributed by atoms with Crippen LogP contribution in [0.3, 0.4) is 0 Å². The van der Waals surface area contributed by atoms with E-state index in [9.17, 15) is 14.4 Å². The van der Waals surface area contributed by atoms with Crippen LogP contribution in [0.1, 0.15) is 0 Å². The standard InChI is InChI=1S/3CH2O3.In/c3*2-1-4-3;/h3*1,3H;/q;;;+3/p-3. The Balaban J connectivity index is 3.64. The van der Waals surface area contributed by atoms with Crippen LogP contribution in [0.5, 0.6) is 0 Å². The molecular weight excluding hydrogens is 295 g/mol. The first-order chi connectivity index (χ1) is 6.35. The van der Waals surface area contributed by atoms with E-state index >= 15 is 0 Å². The topological polar surface area (TPSA) is 107 Å². The van der Waals surface area contributed by atoms with Crippen LogP contribution < -0.4 is 0 Å². The van der Waals surface area contributed by atoms with Crippen LogP contribution in [-0.2, 0) is 38.1 Å². The summed E-state index contributed by atoms with van der Waals surface area (Å²) in [4.78, 5) is 40.1. The van der Waals surface area contributed by atoms with Gasteiger partial charge in [-0.25, -0.2) is 0 Å². The summed E-state index contributed by atoms with van der Waals surface area (Å²) in [5.41, 5.74) is 0. The first-order valence-corrected chi connectivity index (χ1v) is 6.66. The van der Waals surface area contributed by atoms with Gasteiger partial charge in [0.05, 0.1) is 0 Å². The Morgan fingerprint density at radius 2 is 1.00 bits per heavy atom. The molecule has 0 radical (unpaired) electrons. The minimum atomic E-state index is -3.83. The molecule has 0 aliphatic heterocycles. The van der Waals surface area contributed by atoms with Crippen LogP contribution in [0.15, 0.2) is 0 Å². The molecule has 72 valence electrons. The van der Waals surface area contributed by atoms with Crippen molar-refractivity contribution in [3.63, 3.8) is 0 Å². The Labute approximate surface area is 80.5 Å². The van der Waals surface area contributed by atoms with Crippen molar-refractivity contribution in [2.45, 2.75) is 0 Å².